The molecule has 0 saturated heterocycles. The lowest BCUT2D eigenvalue weighted by Gasteiger charge is -2.33. The molecule has 9 heteroatoms. The van der Waals surface area contributed by atoms with E-state index in [0.717, 1.165) is 21.7 Å². The number of anilines is 1. The van der Waals surface area contributed by atoms with E-state index in [2.05, 4.69) is 5.32 Å². The molecular weight excluding hydrogens is 450 g/mol. The molecule has 2 aromatic carbocycles. The fourth-order valence-electron chi connectivity index (χ4n) is 3.54. The Bertz CT molecular complexity index is 1090. The second-order valence-electron chi connectivity index (χ2n) is 7.75. The number of amides is 2. The van der Waals surface area contributed by atoms with Crippen LogP contribution in [0.25, 0.3) is 0 Å². The average molecular weight is 480 g/mol. The average Bonchev–Trinajstić information content (AvgIpc) is 2.72. The van der Waals surface area contributed by atoms with Crippen LogP contribution in [0.2, 0.25) is 5.02 Å². The molecule has 32 heavy (non-hydrogen) atoms. The van der Waals surface area contributed by atoms with Crippen LogP contribution in [0.3, 0.4) is 0 Å². The molecular formula is C23H30ClN3O4S. The van der Waals surface area contributed by atoms with Gasteiger partial charge in [-0.2, -0.15) is 0 Å². The van der Waals surface area contributed by atoms with Gasteiger partial charge in [0, 0.05) is 18.6 Å². The van der Waals surface area contributed by atoms with Crippen molar-refractivity contribution >= 4 is 39.1 Å². The van der Waals surface area contributed by atoms with E-state index in [1.807, 2.05) is 38.1 Å². The van der Waals surface area contributed by atoms with E-state index in [0.29, 0.717) is 22.7 Å². The molecule has 0 radical (unpaired) electrons. The molecule has 2 amide bonds. The third kappa shape index (κ3) is 6.46. The van der Waals surface area contributed by atoms with Crippen LogP contribution < -0.4 is 9.62 Å². The van der Waals surface area contributed by atoms with E-state index in [1.165, 1.54) is 18.0 Å². The summed E-state index contributed by atoms with van der Waals surface area (Å²) in [5, 5.41) is 2.96. The number of hydrogen-bond donors (Lipinski definition) is 1. The standard InChI is InChI=1S/C23H30ClN3O4S/c1-6-20(23(29)25-4)26(14-18-9-7-8-16(2)12-18)22(28)15-27(32(5,30)31)21-13-19(24)11-10-17(21)3/h7-13,20H,6,14-15H2,1-5H3,(H,25,29)/t20-/m1/s1. The Morgan fingerprint density at radius 2 is 1.81 bits per heavy atom. The van der Waals surface area contributed by atoms with Crippen LogP contribution in [0.5, 0.6) is 0 Å². The van der Waals surface area contributed by atoms with Crippen LogP contribution in [0.15, 0.2) is 42.5 Å². The Hall–Kier alpha value is -2.58. The quantitative estimate of drug-likeness (QED) is 0.598. The maximum absolute atomic E-state index is 13.5. The highest BCUT2D eigenvalue weighted by Gasteiger charge is 2.31. The zero-order valence-corrected chi connectivity index (χ0v) is 20.6. The summed E-state index contributed by atoms with van der Waals surface area (Å²) in [7, 11) is -2.28. The molecule has 1 atom stereocenters. The second kappa shape index (κ2) is 10.8. The van der Waals surface area contributed by atoms with E-state index in [4.69, 9.17) is 11.6 Å². The minimum absolute atomic E-state index is 0.179. The van der Waals surface area contributed by atoms with Gasteiger partial charge in [0.1, 0.15) is 12.6 Å². The van der Waals surface area contributed by atoms with E-state index in [9.17, 15) is 18.0 Å². The van der Waals surface area contributed by atoms with Crippen LogP contribution in [0.4, 0.5) is 5.69 Å². The van der Waals surface area contributed by atoms with Crippen LogP contribution in [0.1, 0.15) is 30.0 Å². The number of nitrogens with one attached hydrogen (secondary N) is 1. The first-order chi connectivity index (χ1) is 15.0. The number of benzene rings is 2. The van der Waals surface area contributed by atoms with Crippen molar-refractivity contribution in [3.63, 3.8) is 0 Å². The fourth-order valence-corrected chi connectivity index (χ4v) is 4.60. The second-order valence-corrected chi connectivity index (χ2v) is 10.1. The van der Waals surface area contributed by atoms with Gasteiger partial charge in [-0.3, -0.25) is 13.9 Å². The molecule has 0 aromatic heterocycles. The van der Waals surface area contributed by atoms with Gasteiger partial charge in [-0.05, 0) is 43.5 Å². The van der Waals surface area contributed by atoms with Crippen molar-refractivity contribution in [3.05, 3.63) is 64.2 Å². The van der Waals surface area contributed by atoms with Crippen molar-refractivity contribution in [3.8, 4) is 0 Å². The summed E-state index contributed by atoms with van der Waals surface area (Å²) in [5.74, 6) is -0.787. The van der Waals surface area contributed by atoms with Gasteiger partial charge in [0.2, 0.25) is 21.8 Å². The minimum atomic E-state index is -3.80. The first-order valence-corrected chi connectivity index (χ1v) is 12.5. The topological polar surface area (TPSA) is 86.8 Å². The zero-order chi connectivity index (χ0) is 24.1. The summed E-state index contributed by atoms with van der Waals surface area (Å²) in [6, 6.07) is 11.8. The summed E-state index contributed by atoms with van der Waals surface area (Å²) in [6.07, 6.45) is 1.42. The van der Waals surface area contributed by atoms with Gasteiger partial charge < -0.3 is 10.2 Å². The number of likely N-dealkylation sites (N-methyl/N-ethyl adjacent to an activating group) is 1. The lowest BCUT2D eigenvalue weighted by atomic mass is 10.1. The fraction of sp³-hybridized carbons (Fsp3) is 0.391. The lowest BCUT2D eigenvalue weighted by Crippen LogP contribution is -2.51. The van der Waals surface area contributed by atoms with Gasteiger partial charge in [-0.15, -0.1) is 0 Å². The number of hydrogen-bond acceptors (Lipinski definition) is 4. The maximum atomic E-state index is 13.5. The summed E-state index contributed by atoms with van der Waals surface area (Å²) >= 11 is 6.10. The molecule has 0 bridgehead atoms. The van der Waals surface area contributed by atoms with Crippen molar-refractivity contribution in [2.24, 2.45) is 0 Å². The van der Waals surface area contributed by atoms with E-state index in [-0.39, 0.29) is 12.5 Å². The molecule has 0 aliphatic carbocycles. The van der Waals surface area contributed by atoms with Crippen molar-refractivity contribution in [1.29, 1.82) is 0 Å². The lowest BCUT2D eigenvalue weighted by molar-refractivity contribution is -0.140. The largest absolute Gasteiger partial charge is 0.357 e. The first kappa shape index (κ1) is 25.7. The maximum Gasteiger partial charge on any atom is 0.244 e. The molecule has 0 aliphatic heterocycles. The minimum Gasteiger partial charge on any atom is -0.357 e. The SMILES string of the molecule is CC[C@H](C(=O)NC)N(Cc1cccc(C)c1)C(=O)CN(c1cc(Cl)ccc1C)S(C)(=O)=O. The van der Waals surface area contributed by atoms with E-state index >= 15 is 0 Å². The van der Waals surface area contributed by atoms with Crippen molar-refractivity contribution in [1.82, 2.24) is 10.2 Å². The Kier molecular flexibility index (Phi) is 8.69. The molecule has 0 unspecified atom stereocenters. The van der Waals surface area contributed by atoms with Gasteiger partial charge >= 0.3 is 0 Å². The molecule has 0 spiro atoms. The van der Waals surface area contributed by atoms with Crippen molar-refractivity contribution in [2.45, 2.75) is 39.8 Å². The van der Waals surface area contributed by atoms with Crippen molar-refractivity contribution < 1.29 is 18.0 Å². The number of carbonyl (C=O) groups is 2. The number of aryl methyl sites for hydroxylation is 2. The third-order valence-corrected chi connectivity index (χ3v) is 6.55. The van der Waals surface area contributed by atoms with Crippen molar-refractivity contribution in [2.75, 3.05) is 24.2 Å². The highest BCUT2D eigenvalue weighted by Crippen LogP contribution is 2.27. The summed E-state index contributed by atoms with van der Waals surface area (Å²) in [4.78, 5) is 27.5. The smallest absolute Gasteiger partial charge is 0.244 e. The number of halogens is 1. The highest BCUT2D eigenvalue weighted by atomic mass is 35.5. The number of carbonyl (C=O) groups excluding carboxylic acids is 2. The van der Waals surface area contributed by atoms with E-state index in [1.54, 1.807) is 19.1 Å². The zero-order valence-electron chi connectivity index (χ0n) is 19.1. The molecule has 2 rings (SSSR count). The van der Waals surface area contributed by atoms with E-state index < -0.39 is 28.5 Å². The van der Waals surface area contributed by atoms with Gasteiger partial charge in [-0.1, -0.05) is 54.4 Å². The molecule has 0 saturated carbocycles. The molecule has 0 aliphatic rings. The Balaban J connectivity index is 2.47. The Morgan fingerprint density at radius 3 is 2.38 bits per heavy atom. The predicted molar refractivity (Wildman–Crippen MR) is 128 cm³/mol. The molecule has 174 valence electrons. The monoisotopic (exact) mass is 479 g/mol. The Labute approximate surface area is 195 Å². The summed E-state index contributed by atoms with van der Waals surface area (Å²) in [6.45, 7) is 5.24. The van der Waals surface area contributed by atoms with Crippen LogP contribution in [-0.2, 0) is 26.2 Å². The molecule has 7 nitrogen and oxygen atoms in total. The highest BCUT2D eigenvalue weighted by molar-refractivity contribution is 7.92. The van der Waals surface area contributed by atoms with Crippen LogP contribution >= 0.6 is 11.6 Å². The number of nitrogens with zero attached hydrogens (tertiary/aromatic N) is 2. The molecule has 0 fully saturated rings. The summed E-state index contributed by atoms with van der Waals surface area (Å²) < 4.78 is 26.3. The first-order valence-electron chi connectivity index (χ1n) is 10.3. The van der Waals surface area contributed by atoms with Crippen LogP contribution in [-0.4, -0.2) is 51.0 Å². The van der Waals surface area contributed by atoms with Gasteiger partial charge in [0.15, 0.2) is 0 Å². The predicted octanol–water partition coefficient (Wildman–Crippen LogP) is 3.28. The molecule has 2 aromatic rings. The third-order valence-electron chi connectivity index (χ3n) is 5.19. The number of rotatable bonds is 9. The van der Waals surface area contributed by atoms with Gasteiger partial charge in [0.25, 0.3) is 0 Å². The number of sulfonamides is 1. The normalized spacial score (nSPS) is 12.2. The van der Waals surface area contributed by atoms with Gasteiger partial charge in [0.05, 0.1) is 11.9 Å². The molecule has 0 heterocycles. The Morgan fingerprint density at radius 1 is 1.12 bits per heavy atom. The van der Waals surface area contributed by atoms with Gasteiger partial charge in [-0.25, -0.2) is 8.42 Å². The molecule has 1 N–H and O–H groups in total. The van der Waals surface area contributed by atoms with Crippen LogP contribution in [0, 0.1) is 13.8 Å². The summed E-state index contributed by atoms with van der Waals surface area (Å²) in [5.41, 5.74) is 2.87.